The van der Waals surface area contributed by atoms with Gasteiger partial charge >= 0.3 is 0 Å². The van der Waals surface area contributed by atoms with Crippen molar-refractivity contribution in [1.29, 1.82) is 0 Å². The second-order valence-electron chi connectivity index (χ2n) is 5.18. The number of amides is 2. The van der Waals surface area contributed by atoms with Gasteiger partial charge in [-0.3, -0.25) is 14.5 Å². The highest BCUT2D eigenvalue weighted by Crippen LogP contribution is 2.19. The lowest BCUT2D eigenvalue weighted by Gasteiger charge is -2.28. The van der Waals surface area contributed by atoms with Crippen LogP contribution in [-0.2, 0) is 9.59 Å². The van der Waals surface area contributed by atoms with E-state index in [1.54, 1.807) is 6.20 Å². The van der Waals surface area contributed by atoms with Gasteiger partial charge < -0.3 is 10.6 Å². The molecule has 7 heteroatoms. The lowest BCUT2D eigenvalue weighted by molar-refractivity contribution is -0.146. The van der Waals surface area contributed by atoms with Gasteiger partial charge in [0.25, 0.3) is 5.91 Å². The van der Waals surface area contributed by atoms with Gasteiger partial charge in [0.2, 0.25) is 11.9 Å². The number of carbonyl (C=O) groups excluding carboxylic acids is 2. The predicted molar refractivity (Wildman–Crippen MR) is 80.0 cm³/mol. The maximum atomic E-state index is 12.1. The number of hydrogen-bond donors (Lipinski definition) is 2. The third kappa shape index (κ3) is 3.48. The molecule has 0 saturated carbocycles. The Hall–Kier alpha value is -2.18. The van der Waals surface area contributed by atoms with E-state index in [1.807, 2.05) is 6.92 Å². The van der Waals surface area contributed by atoms with Gasteiger partial charge in [-0.1, -0.05) is 6.92 Å². The molecule has 0 aliphatic carbocycles. The van der Waals surface area contributed by atoms with Crippen molar-refractivity contribution < 1.29 is 9.59 Å². The fraction of sp³-hybridized carbons (Fsp3) is 0.571. The number of aryl methyl sites for hydroxylation is 1. The first-order valence-electron chi connectivity index (χ1n) is 7.17. The molecule has 1 fully saturated rings. The lowest BCUT2D eigenvalue weighted by atomic mass is 10.0. The van der Waals surface area contributed by atoms with Crippen LogP contribution in [-0.4, -0.2) is 46.3 Å². The van der Waals surface area contributed by atoms with E-state index < -0.39 is 6.04 Å². The van der Waals surface area contributed by atoms with Crippen LogP contribution in [0.5, 0.6) is 0 Å². The molecular formula is C14H21N5O2. The number of anilines is 2. The Labute approximate surface area is 124 Å². The third-order valence-corrected chi connectivity index (χ3v) is 3.47. The molecule has 1 aromatic heterocycles. The zero-order chi connectivity index (χ0) is 15.4. The quantitative estimate of drug-likeness (QED) is 0.792. The number of carbonyl (C=O) groups is 2. The third-order valence-electron chi connectivity index (χ3n) is 3.47. The van der Waals surface area contributed by atoms with Gasteiger partial charge in [0, 0.05) is 31.8 Å². The van der Waals surface area contributed by atoms with Crippen molar-refractivity contribution in [3.05, 3.63) is 11.8 Å². The zero-order valence-corrected chi connectivity index (χ0v) is 12.6. The number of likely N-dealkylation sites (N-methyl/N-ethyl adjacent to an activating group) is 1. The Morgan fingerprint density at radius 2 is 2.19 bits per heavy atom. The summed E-state index contributed by atoms with van der Waals surface area (Å²) < 4.78 is 0. The average molecular weight is 291 g/mol. The summed E-state index contributed by atoms with van der Waals surface area (Å²) in [5.41, 5.74) is 0.865. The number of nitrogens with zero attached hydrogens (tertiary/aromatic N) is 3. The summed E-state index contributed by atoms with van der Waals surface area (Å²) in [6.45, 7) is 4.74. The largest absolute Gasteiger partial charge is 0.358 e. The summed E-state index contributed by atoms with van der Waals surface area (Å²) >= 11 is 0. The van der Waals surface area contributed by atoms with Crippen LogP contribution in [0.3, 0.4) is 0 Å². The Morgan fingerprint density at radius 3 is 2.90 bits per heavy atom. The molecule has 0 radical (unpaired) electrons. The fourth-order valence-corrected chi connectivity index (χ4v) is 2.12. The van der Waals surface area contributed by atoms with E-state index in [0.29, 0.717) is 24.6 Å². The van der Waals surface area contributed by atoms with Gasteiger partial charge in [-0.15, -0.1) is 0 Å². The van der Waals surface area contributed by atoms with Crippen molar-refractivity contribution in [3.8, 4) is 0 Å². The predicted octanol–water partition coefficient (Wildman–Crippen LogP) is 1.17. The molecule has 0 aromatic carbocycles. The molecule has 114 valence electrons. The number of nitrogens with one attached hydrogen (secondary N) is 2. The molecular weight excluding hydrogens is 270 g/mol. The van der Waals surface area contributed by atoms with E-state index in [0.717, 1.165) is 18.5 Å². The van der Waals surface area contributed by atoms with Crippen molar-refractivity contribution in [1.82, 2.24) is 14.9 Å². The van der Waals surface area contributed by atoms with Crippen molar-refractivity contribution in [3.63, 3.8) is 0 Å². The van der Waals surface area contributed by atoms with E-state index in [1.165, 1.54) is 11.9 Å². The van der Waals surface area contributed by atoms with Crippen LogP contribution in [0, 0.1) is 6.92 Å². The van der Waals surface area contributed by atoms with E-state index in [9.17, 15) is 9.59 Å². The van der Waals surface area contributed by atoms with Gasteiger partial charge in [-0.25, -0.2) is 4.98 Å². The van der Waals surface area contributed by atoms with E-state index in [-0.39, 0.29) is 11.8 Å². The molecule has 1 aromatic rings. The molecule has 2 heterocycles. The normalized spacial score (nSPS) is 18.8. The van der Waals surface area contributed by atoms with Gasteiger partial charge in [0.15, 0.2) is 0 Å². The van der Waals surface area contributed by atoms with Crippen LogP contribution < -0.4 is 10.6 Å². The van der Waals surface area contributed by atoms with Crippen LogP contribution in [0.15, 0.2) is 6.20 Å². The summed E-state index contributed by atoms with van der Waals surface area (Å²) in [6.07, 6.45) is 3.55. The molecule has 1 aliphatic rings. The second kappa shape index (κ2) is 6.51. The van der Waals surface area contributed by atoms with Crippen molar-refractivity contribution in [2.45, 2.75) is 39.2 Å². The van der Waals surface area contributed by atoms with Crippen molar-refractivity contribution >= 4 is 23.6 Å². The van der Waals surface area contributed by atoms with E-state index >= 15 is 0 Å². The summed E-state index contributed by atoms with van der Waals surface area (Å²) in [5, 5.41) is 6.25. The van der Waals surface area contributed by atoms with Crippen molar-refractivity contribution in [2.75, 3.05) is 24.2 Å². The number of hydrogen-bond acceptors (Lipinski definition) is 6. The van der Waals surface area contributed by atoms with Crippen LogP contribution in [0.25, 0.3) is 0 Å². The molecule has 7 nitrogen and oxygen atoms in total. The maximum Gasteiger partial charge on any atom is 0.251 e. The SMILES string of the molecule is CCCNc1ncc(C)c(NC2CCC(=O)N(C)C2=O)n1. The minimum atomic E-state index is -0.416. The topological polar surface area (TPSA) is 87.2 Å². The molecule has 1 saturated heterocycles. The fourth-order valence-electron chi connectivity index (χ4n) is 2.12. The number of imide groups is 1. The Bertz CT molecular complexity index is 546. The smallest absolute Gasteiger partial charge is 0.251 e. The van der Waals surface area contributed by atoms with Gasteiger partial charge in [0.05, 0.1) is 0 Å². The summed E-state index contributed by atoms with van der Waals surface area (Å²) in [4.78, 5) is 33.3. The summed E-state index contributed by atoms with van der Waals surface area (Å²) in [7, 11) is 1.51. The monoisotopic (exact) mass is 291 g/mol. The Morgan fingerprint density at radius 1 is 1.43 bits per heavy atom. The molecule has 1 aliphatic heterocycles. The van der Waals surface area contributed by atoms with Crippen LogP contribution in [0.4, 0.5) is 11.8 Å². The first-order chi connectivity index (χ1) is 10.0. The number of rotatable bonds is 5. The molecule has 2 rings (SSSR count). The highest BCUT2D eigenvalue weighted by atomic mass is 16.2. The van der Waals surface area contributed by atoms with E-state index in [4.69, 9.17) is 0 Å². The lowest BCUT2D eigenvalue weighted by Crippen LogP contribution is -2.48. The molecule has 2 amide bonds. The number of piperidine rings is 1. The highest BCUT2D eigenvalue weighted by molar-refractivity contribution is 6.01. The maximum absolute atomic E-state index is 12.1. The Kier molecular flexibility index (Phi) is 4.72. The van der Waals surface area contributed by atoms with Crippen LogP contribution in [0.2, 0.25) is 0 Å². The minimum Gasteiger partial charge on any atom is -0.358 e. The summed E-state index contributed by atoms with van der Waals surface area (Å²) in [6, 6.07) is -0.416. The first kappa shape index (κ1) is 15.2. The van der Waals surface area contributed by atoms with Gasteiger partial charge in [-0.2, -0.15) is 4.98 Å². The second-order valence-corrected chi connectivity index (χ2v) is 5.18. The molecule has 1 atom stereocenters. The number of aromatic nitrogens is 2. The molecule has 1 unspecified atom stereocenters. The van der Waals surface area contributed by atoms with Crippen LogP contribution in [0.1, 0.15) is 31.7 Å². The minimum absolute atomic E-state index is 0.136. The van der Waals surface area contributed by atoms with Gasteiger partial charge in [-0.05, 0) is 19.8 Å². The van der Waals surface area contributed by atoms with Gasteiger partial charge in [0.1, 0.15) is 11.9 Å². The molecule has 2 N–H and O–H groups in total. The van der Waals surface area contributed by atoms with E-state index in [2.05, 4.69) is 27.5 Å². The standard InChI is InChI=1S/C14H21N5O2/c1-4-7-15-14-16-8-9(2)12(18-14)17-10-5-6-11(20)19(3)13(10)21/h8,10H,4-7H2,1-3H3,(H2,15,16,17,18). The van der Waals surface area contributed by atoms with Crippen molar-refractivity contribution in [2.24, 2.45) is 0 Å². The van der Waals surface area contributed by atoms with Crippen LogP contribution >= 0.6 is 0 Å². The summed E-state index contributed by atoms with van der Waals surface area (Å²) in [5.74, 6) is 0.817. The number of likely N-dealkylation sites (tertiary alicyclic amines) is 1. The first-order valence-corrected chi connectivity index (χ1v) is 7.17. The average Bonchev–Trinajstić information content (AvgIpc) is 2.48. The molecule has 0 bridgehead atoms. The zero-order valence-electron chi connectivity index (χ0n) is 12.6. The molecule has 0 spiro atoms. The molecule has 21 heavy (non-hydrogen) atoms. The highest BCUT2D eigenvalue weighted by Gasteiger charge is 2.32. The Balaban J connectivity index is 2.11.